The van der Waals surface area contributed by atoms with Crippen LogP contribution in [0.2, 0.25) is 0 Å². The van der Waals surface area contributed by atoms with E-state index in [1.54, 1.807) is 30.3 Å². The van der Waals surface area contributed by atoms with Crippen LogP contribution in [0.1, 0.15) is 53.9 Å². The van der Waals surface area contributed by atoms with E-state index in [1.165, 1.54) is 12.1 Å². The summed E-state index contributed by atoms with van der Waals surface area (Å²) in [4.78, 5) is 28.9. The van der Waals surface area contributed by atoms with Crippen LogP contribution in [0.3, 0.4) is 0 Å². The number of ketones is 1. The van der Waals surface area contributed by atoms with E-state index in [9.17, 15) is 14.9 Å². The van der Waals surface area contributed by atoms with Crippen molar-refractivity contribution in [3.8, 4) is 5.69 Å². The molecule has 0 fully saturated rings. The average molecular weight is 477 g/mol. The smallest absolute Gasteiger partial charge is 0.270 e. The first kappa shape index (κ1) is 25.9. The second-order valence-electron chi connectivity index (χ2n) is 8.47. The van der Waals surface area contributed by atoms with Gasteiger partial charge in [0.1, 0.15) is 0 Å². The molecule has 1 unspecified atom stereocenters. The Morgan fingerprint density at radius 3 is 2.46 bits per heavy atom. The number of rotatable bonds is 12. The molecule has 0 bridgehead atoms. The van der Waals surface area contributed by atoms with Crippen molar-refractivity contribution in [2.75, 3.05) is 27.2 Å². The first-order valence-electron chi connectivity index (χ1n) is 11.6. The second-order valence-corrected chi connectivity index (χ2v) is 8.47. The van der Waals surface area contributed by atoms with Crippen LogP contribution < -0.4 is 0 Å². The summed E-state index contributed by atoms with van der Waals surface area (Å²) in [6.07, 6.45) is 2.60. The lowest BCUT2D eigenvalue weighted by Crippen LogP contribution is -2.27. The third-order valence-corrected chi connectivity index (χ3v) is 5.98. The van der Waals surface area contributed by atoms with Gasteiger partial charge in [-0.1, -0.05) is 50.3 Å². The van der Waals surface area contributed by atoms with Crippen molar-refractivity contribution in [1.29, 1.82) is 0 Å². The van der Waals surface area contributed by atoms with E-state index >= 15 is 0 Å². The second kappa shape index (κ2) is 11.6. The number of carbonyl (C=O) groups is 1. The average Bonchev–Trinajstić information content (AvgIpc) is 3.26. The lowest BCUT2D eigenvalue weighted by atomic mass is 10.0. The summed E-state index contributed by atoms with van der Waals surface area (Å²) in [6.45, 7) is 9.87. The van der Waals surface area contributed by atoms with E-state index in [0.29, 0.717) is 36.0 Å². The van der Waals surface area contributed by atoms with Gasteiger partial charge in [-0.3, -0.25) is 29.3 Å². The molecule has 0 N–H and O–H groups in total. The Morgan fingerprint density at radius 2 is 1.89 bits per heavy atom. The van der Waals surface area contributed by atoms with Crippen LogP contribution in [0.15, 0.2) is 61.2 Å². The third-order valence-electron chi connectivity index (χ3n) is 5.98. The Bertz CT molecular complexity index is 1190. The molecule has 35 heavy (non-hydrogen) atoms. The lowest BCUT2D eigenvalue weighted by molar-refractivity contribution is -0.384. The predicted molar refractivity (Wildman–Crippen MR) is 136 cm³/mol. The van der Waals surface area contributed by atoms with Crippen LogP contribution in [0.25, 0.3) is 5.69 Å². The summed E-state index contributed by atoms with van der Waals surface area (Å²) < 4.78 is 1.89. The zero-order chi connectivity index (χ0) is 25.5. The fourth-order valence-corrected chi connectivity index (χ4v) is 4.14. The maximum Gasteiger partial charge on any atom is 0.270 e. The molecule has 0 spiro atoms. The zero-order valence-electron chi connectivity index (χ0n) is 20.7. The molecule has 9 nitrogen and oxygen atoms in total. The van der Waals surface area contributed by atoms with Crippen molar-refractivity contribution < 1.29 is 9.72 Å². The van der Waals surface area contributed by atoms with Gasteiger partial charge in [-0.15, -0.1) is 16.8 Å². The summed E-state index contributed by atoms with van der Waals surface area (Å²) in [5.74, 6) is 1.03. The maximum atomic E-state index is 13.6. The molecule has 184 valence electrons. The first-order valence-corrected chi connectivity index (χ1v) is 11.6. The minimum absolute atomic E-state index is 0.0689. The van der Waals surface area contributed by atoms with Gasteiger partial charge in [-0.05, 0) is 33.1 Å². The van der Waals surface area contributed by atoms with Crippen molar-refractivity contribution >= 4 is 11.5 Å². The van der Waals surface area contributed by atoms with Crippen LogP contribution >= 0.6 is 0 Å². The van der Waals surface area contributed by atoms with Crippen molar-refractivity contribution in [3.05, 3.63) is 94.1 Å². The monoisotopic (exact) mass is 476 g/mol. The number of aromatic nitrogens is 3. The van der Waals surface area contributed by atoms with Crippen molar-refractivity contribution in [2.24, 2.45) is 0 Å². The minimum atomic E-state index is -0.489. The van der Waals surface area contributed by atoms with E-state index in [4.69, 9.17) is 0 Å². The van der Waals surface area contributed by atoms with Crippen LogP contribution in [0.4, 0.5) is 5.69 Å². The number of hydrogen-bond donors (Lipinski definition) is 0. The number of hydrogen-bond acceptors (Lipinski definition) is 7. The summed E-state index contributed by atoms with van der Waals surface area (Å²) >= 11 is 0. The van der Waals surface area contributed by atoms with Crippen LogP contribution in [0, 0.1) is 10.1 Å². The molecule has 0 aliphatic rings. The molecule has 0 radical (unpaired) electrons. The highest BCUT2D eigenvalue weighted by molar-refractivity contribution is 6.11. The highest BCUT2D eigenvalue weighted by Crippen LogP contribution is 2.30. The van der Waals surface area contributed by atoms with Gasteiger partial charge in [0.15, 0.2) is 17.4 Å². The highest BCUT2D eigenvalue weighted by Gasteiger charge is 2.27. The first-order chi connectivity index (χ1) is 16.8. The van der Waals surface area contributed by atoms with Crippen LogP contribution in [-0.2, 0) is 6.54 Å². The highest BCUT2D eigenvalue weighted by atomic mass is 16.6. The molecule has 0 amide bonds. The third kappa shape index (κ3) is 5.70. The molecule has 2 aromatic carbocycles. The molecule has 0 saturated heterocycles. The Balaban J connectivity index is 2.28. The normalized spacial score (nSPS) is 12.2. The molecule has 1 aromatic heterocycles. The van der Waals surface area contributed by atoms with Crippen LogP contribution in [-0.4, -0.2) is 62.5 Å². The lowest BCUT2D eigenvalue weighted by Gasteiger charge is -2.25. The number of non-ortho nitro benzene ring substituents is 1. The molecule has 9 heteroatoms. The van der Waals surface area contributed by atoms with E-state index in [1.807, 2.05) is 30.8 Å². The number of nitro groups is 1. The topological polar surface area (TPSA) is 97.4 Å². The van der Waals surface area contributed by atoms with Crippen molar-refractivity contribution in [1.82, 2.24) is 24.6 Å². The summed E-state index contributed by atoms with van der Waals surface area (Å²) in [5, 5.41) is 20.6. The van der Waals surface area contributed by atoms with Crippen LogP contribution in [0.5, 0.6) is 0 Å². The minimum Gasteiger partial charge on any atom is -0.300 e. The molecule has 0 aliphatic carbocycles. The van der Waals surface area contributed by atoms with Crippen molar-refractivity contribution in [3.63, 3.8) is 0 Å². The quantitative estimate of drug-likeness (QED) is 0.165. The SMILES string of the molecule is C=CCN(CC)Cc1nnc(C(CC)N(C)C)n1-c1ccc([N+](=O)[O-])cc1C(=O)c1ccccc1. The summed E-state index contributed by atoms with van der Waals surface area (Å²) in [5.41, 5.74) is 1.06. The largest absolute Gasteiger partial charge is 0.300 e. The molecule has 1 heterocycles. The number of carbonyl (C=O) groups excluding carboxylic acids is 1. The molecule has 0 saturated carbocycles. The van der Waals surface area contributed by atoms with Gasteiger partial charge in [0.2, 0.25) is 0 Å². The van der Waals surface area contributed by atoms with E-state index in [-0.39, 0.29) is 23.1 Å². The molecule has 1 atom stereocenters. The molecular weight excluding hydrogens is 444 g/mol. The van der Waals surface area contributed by atoms with E-state index < -0.39 is 4.92 Å². The number of likely N-dealkylation sites (N-methyl/N-ethyl adjacent to an activating group) is 1. The van der Waals surface area contributed by atoms with Gasteiger partial charge in [0, 0.05) is 24.2 Å². The maximum absolute atomic E-state index is 13.6. The zero-order valence-corrected chi connectivity index (χ0v) is 20.7. The van der Waals surface area contributed by atoms with Gasteiger partial charge in [0.05, 0.1) is 28.8 Å². The summed E-state index contributed by atoms with van der Waals surface area (Å²) in [7, 11) is 3.93. The standard InChI is InChI=1S/C26H32N6O3/c1-6-16-30(8-3)18-24-27-28-26(22(7-2)29(4)5)31(24)23-15-14-20(32(34)35)17-21(23)25(33)19-12-10-9-11-13-19/h6,9-15,17,22H,1,7-8,16,18H2,2-5H3. The fraction of sp³-hybridized carbons (Fsp3) is 0.346. The van der Waals surface area contributed by atoms with Gasteiger partial charge >= 0.3 is 0 Å². The summed E-state index contributed by atoms with van der Waals surface area (Å²) in [6, 6.07) is 13.1. The van der Waals surface area contributed by atoms with Gasteiger partial charge in [0.25, 0.3) is 5.69 Å². The predicted octanol–water partition coefficient (Wildman–Crippen LogP) is 4.43. The van der Waals surface area contributed by atoms with Crippen molar-refractivity contribution in [2.45, 2.75) is 32.9 Å². The molecule has 0 aliphatic heterocycles. The van der Waals surface area contributed by atoms with Gasteiger partial charge in [-0.2, -0.15) is 0 Å². The molecule has 3 rings (SSSR count). The number of benzene rings is 2. The van der Waals surface area contributed by atoms with E-state index in [0.717, 1.165) is 13.0 Å². The van der Waals surface area contributed by atoms with Gasteiger partial charge in [-0.25, -0.2) is 0 Å². The molecule has 3 aromatic rings. The molecular formula is C26H32N6O3. The Kier molecular flexibility index (Phi) is 8.62. The van der Waals surface area contributed by atoms with E-state index in [2.05, 4.69) is 40.4 Å². The Hall–Kier alpha value is -3.69. The number of nitrogens with zero attached hydrogens (tertiary/aromatic N) is 6. The fourth-order valence-electron chi connectivity index (χ4n) is 4.14. The number of nitro benzene ring substituents is 1. The van der Waals surface area contributed by atoms with Gasteiger partial charge < -0.3 is 0 Å². The Labute approximate surface area is 205 Å². The Morgan fingerprint density at radius 1 is 1.17 bits per heavy atom.